The van der Waals surface area contributed by atoms with Gasteiger partial charge in [0.05, 0.1) is 0 Å². The molecular formula is C18H24FNO5. The Kier molecular flexibility index (Phi) is 7.91. The molecule has 2 atom stereocenters. The van der Waals surface area contributed by atoms with Gasteiger partial charge in [-0.05, 0) is 26.3 Å². The number of benzene rings is 1. The van der Waals surface area contributed by atoms with Crippen LogP contribution in [0.3, 0.4) is 0 Å². The lowest BCUT2D eigenvalue weighted by Crippen LogP contribution is -2.44. The smallest absolute Gasteiger partial charge is 0.444 e. The van der Waals surface area contributed by atoms with Crippen LogP contribution in [-0.2, 0) is 14.2 Å². The number of carbonyl (C=O) groups excluding carboxylic acids is 2. The Morgan fingerprint density at radius 2 is 1.88 bits per heavy atom. The van der Waals surface area contributed by atoms with Crippen LogP contribution in [0, 0.1) is 0 Å². The molecule has 0 radical (unpaired) electrons. The van der Waals surface area contributed by atoms with Crippen molar-refractivity contribution in [2.75, 3.05) is 13.2 Å². The Morgan fingerprint density at radius 1 is 1.24 bits per heavy atom. The maximum Gasteiger partial charge on any atom is 0.508 e. The van der Waals surface area contributed by atoms with Gasteiger partial charge in [0, 0.05) is 0 Å². The number of alkyl carbamates (subject to hydrolysis) is 1. The van der Waals surface area contributed by atoms with E-state index in [-0.39, 0.29) is 6.61 Å². The number of carbonyl (C=O) groups is 2. The summed E-state index contributed by atoms with van der Waals surface area (Å²) in [6.45, 7) is 8.03. The molecule has 0 saturated carbocycles. The molecule has 1 N–H and O–H groups in total. The second kappa shape index (κ2) is 9.66. The fourth-order valence-corrected chi connectivity index (χ4v) is 1.85. The quantitative estimate of drug-likeness (QED) is 0.594. The van der Waals surface area contributed by atoms with E-state index in [4.69, 9.17) is 9.47 Å². The van der Waals surface area contributed by atoms with Crippen LogP contribution >= 0.6 is 0 Å². The Morgan fingerprint density at radius 3 is 2.44 bits per heavy atom. The van der Waals surface area contributed by atoms with Crippen LogP contribution in [-0.4, -0.2) is 37.1 Å². The maximum atomic E-state index is 14.8. The summed E-state index contributed by atoms with van der Waals surface area (Å²) in [5, 5.41) is 2.39. The van der Waals surface area contributed by atoms with Gasteiger partial charge in [-0.1, -0.05) is 43.0 Å². The average Bonchev–Trinajstić information content (AvgIpc) is 2.55. The van der Waals surface area contributed by atoms with Gasteiger partial charge in [0.1, 0.15) is 31.0 Å². The molecule has 0 spiro atoms. The number of amides is 1. The predicted molar refractivity (Wildman–Crippen MR) is 90.9 cm³/mol. The lowest BCUT2D eigenvalue weighted by molar-refractivity contribution is 0.0296. The third-order valence-corrected chi connectivity index (χ3v) is 2.87. The molecule has 1 amide bonds. The Balaban J connectivity index is 2.77. The molecule has 1 aromatic carbocycles. The third-order valence-electron chi connectivity index (χ3n) is 2.87. The van der Waals surface area contributed by atoms with Crippen LogP contribution in [0.1, 0.15) is 32.5 Å². The van der Waals surface area contributed by atoms with Crippen molar-refractivity contribution in [1.29, 1.82) is 0 Å². The first kappa shape index (κ1) is 20.5. The fraction of sp³-hybridized carbons (Fsp3) is 0.444. The van der Waals surface area contributed by atoms with E-state index in [1.54, 1.807) is 51.1 Å². The summed E-state index contributed by atoms with van der Waals surface area (Å²) in [7, 11) is 0. The highest BCUT2D eigenvalue weighted by atomic mass is 19.1. The standard InChI is InChI=1S/C18H24FNO5/c1-5-11-23-17(22)24-12-14(20-16(21)25-18(2,3)4)15(19)13-9-7-6-8-10-13/h5-10,14-15H,1,11-12H2,2-4H3,(H,20,21)/t14-,15-/m1/s1. The normalized spacial score (nSPS) is 13.3. The van der Waals surface area contributed by atoms with Gasteiger partial charge in [-0.3, -0.25) is 0 Å². The van der Waals surface area contributed by atoms with Gasteiger partial charge in [-0.15, -0.1) is 0 Å². The summed E-state index contributed by atoms with van der Waals surface area (Å²) in [6.07, 6.45) is -2.00. The van der Waals surface area contributed by atoms with E-state index in [1.807, 2.05) is 0 Å². The first-order chi connectivity index (χ1) is 11.7. The van der Waals surface area contributed by atoms with Gasteiger partial charge in [-0.2, -0.15) is 0 Å². The van der Waals surface area contributed by atoms with E-state index in [9.17, 15) is 14.0 Å². The zero-order valence-electron chi connectivity index (χ0n) is 14.7. The molecule has 0 saturated heterocycles. The van der Waals surface area contributed by atoms with Crippen molar-refractivity contribution in [1.82, 2.24) is 5.32 Å². The zero-order valence-corrected chi connectivity index (χ0v) is 14.7. The molecule has 0 heterocycles. The molecule has 6 nitrogen and oxygen atoms in total. The van der Waals surface area contributed by atoms with Crippen molar-refractivity contribution in [2.24, 2.45) is 0 Å². The van der Waals surface area contributed by atoms with E-state index in [0.717, 1.165) is 0 Å². The van der Waals surface area contributed by atoms with Crippen LogP contribution in [0.2, 0.25) is 0 Å². The molecule has 1 rings (SSSR count). The molecule has 0 aliphatic heterocycles. The summed E-state index contributed by atoms with van der Waals surface area (Å²) in [6, 6.07) is 7.11. The minimum absolute atomic E-state index is 0.0271. The molecule has 0 unspecified atom stereocenters. The molecule has 25 heavy (non-hydrogen) atoms. The average molecular weight is 353 g/mol. The van der Waals surface area contributed by atoms with E-state index >= 15 is 0 Å². The molecule has 138 valence electrons. The van der Waals surface area contributed by atoms with Crippen molar-refractivity contribution in [3.05, 3.63) is 48.6 Å². The molecule has 0 aromatic heterocycles. The molecular weight excluding hydrogens is 329 g/mol. The third kappa shape index (κ3) is 8.19. The highest BCUT2D eigenvalue weighted by Gasteiger charge is 2.28. The molecule has 1 aromatic rings. The summed E-state index contributed by atoms with van der Waals surface area (Å²) < 4.78 is 29.4. The van der Waals surface area contributed by atoms with E-state index < -0.39 is 36.7 Å². The SMILES string of the molecule is C=CCOC(=O)OC[C@@H](NC(=O)OC(C)(C)C)[C@H](F)c1ccccc1. The Labute approximate surface area is 147 Å². The van der Waals surface area contributed by atoms with Crippen LogP contribution in [0.5, 0.6) is 0 Å². The van der Waals surface area contributed by atoms with Crippen LogP contribution < -0.4 is 5.32 Å². The van der Waals surface area contributed by atoms with Crippen LogP contribution in [0.25, 0.3) is 0 Å². The highest BCUT2D eigenvalue weighted by molar-refractivity contribution is 5.68. The van der Waals surface area contributed by atoms with Gasteiger partial charge in [-0.25, -0.2) is 14.0 Å². The monoisotopic (exact) mass is 353 g/mol. The van der Waals surface area contributed by atoms with Crippen molar-refractivity contribution in [3.8, 4) is 0 Å². The summed E-state index contributed by atoms with van der Waals surface area (Å²) in [5.41, 5.74) is -0.400. The number of rotatable bonds is 7. The van der Waals surface area contributed by atoms with Crippen LogP contribution in [0.15, 0.2) is 43.0 Å². The lowest BCUT2D eigenvalue weighted by atomic mass is 10.0. The number of ether oxygens (including phenoxy) is 3. The highest BCUT2D eigenvalue weighted by Crippen LogP contribution is 2.22. The first-order valence-corrected chi connectivity index (χ1v) is 7.82. The summed E-state index contributed by atoms with van der Waals surface area (Å²) in [4.78, 5) is 23.4. The van der Waals surface area contributed by atoms with Crippen molar-refractivity contribution in [3.63, 3.8) is 0 Å². The van der Waals surface area contributed by atoms with Crippen molar-refractivity contribution < 1.29 is 28.2 Å². The largest absolute Gasteiger partial charge is 0.508 e. The minimum atomic E-state index is -1.60. The Hall–Kier alpha value is -2.57. The first-order valence-electron chi connectivity index (χ1n) is 7.82. The van der Waals surface area contributed by atoms with Gasteiger partial charge >= 0.3 is 12.2 Å². The fourth-order valence-electron chi connectivity index (χ4n) is 1.85. The number of hydrogen-bond acceptors (Lipinski definition) is 5. The van der Waals surface area contributed by atoms with Gasteiger partial charge in [0.25, 0.3) is 0 Å². The lowest BCUT2D eigenvalue weighted by Gasteiger charge is -2.25. The van der Waals surface area contributed by atoms with Gasteiger partial charge in [0.2, 0.25) is 0 Å². The summed E-state index contributed by atoms with van der Waals surface area (Å²) >= 11 is 0. The number of nitrogens with one attached hydrogen (secondary N) is 1. The number of halogens is 1. The number of alkyl halides is 1. The molecule has 7 heteroatoms. The minimum Gasteiger partial charge on any atom is -0.444 e. The zero-order chi connectivity index (χ0) is 18.9. The van der Waals surface area contributed by atoms with E-state index in [0.29, 0.717) is 5.56 Å². The van der Waals surface area contributed by atoms with Gasteiger partial charge in [0.15, 0.2) is 0 Å². The number of hydrogen-bond donors (Lipinski definition) is 1. The second-order valence-electron chi connectivity index (χ2n) is 6.23. The summed E-state index contributed by atoms with van der Waals surface area (Å²) in [5.74, 6) is 0. The predicted octanol–water partition coefficient (Wildman–Crippen LogP) is 3.93. The molecule has 0 aliphatic rings. The molecule has 0 aliphatic carbocycles. The Bertz CT molecular complexity index is 571. The van der Waals surface area contributed by atoms with Crippen LogP contribution in [0.4, 0.5) is 14.0 Å². The second-order valence-corrected chi connectivity index (χ2v) is 6.23. The molecule has 0 bridgehead atoms. The van der Waals surface area contributed by atoms with E-state index in [2.05, 4.69) is 16.6 Å². The van der Waals surface area contributed by atoms with Gasteiger partial charge < -0.3 is 19.5 Å². The molecule has 0 fully saturated rings. The van der Waals surface area contributed by atoms with Crippen molar-refractivity contribution >= 4 is 12.2 Å². The van der Waals surface area contributed by atoms with E-state index in [1.165, 1.54) is 6.08 Å². The maximum absolute atomic E-state index is 14.8. The topological polar surface area (TPSA) is 73.9 Å². The van der Waals surface area contributed by atoms with Crippen molar-refractivity contribution in [2.45, 2.75) is 38.6 Å².